The van der Waals surface area contributed by atoms with Crippen molar-refractivity contribution in [3.8, 4) is 0 Å². The third-order valence-corrected chi connectivity index (χ3v) is 4.68. The van der Waals surface area contributed by atoms with Gasteiger partial charge in [-0.3, -0.25) is 4.99 Å². The van der Waals surface area contributed by atoms with Crippen LogP contribution in [-0.2, 0) is 0 Å². The zero-order chi connectivity index (χ0) is 19.1. The van der Waals surface area contributed by atoms with Crippen LogP contribution in [0.15, 0.2) is 23.2 Å². The fourth-order valence-corrected chi connectivity index (χ4v) is 3.39. The lowest BCUT2D eigenvalue weighted by molar-refractivity contribution is 0.245. The van der Waals surface area contributed by atoms with Gasteiger partial charge in [0.25, 0.3) is 0 Å². The fraction of sp³-hybridized carbons (Fsp3) is 0.650. The number of halogens is 2. The van der Waals surface area contributed by atoms with E-state index < -0.39 is 11.6 Å². The van der Waals surface area contributed by atoms with Gasteiger partial charge in [0.15, 0.2) is 5.96 Å². The normalized spacial score (nSPS) is 21.0. The van der Waals surface area contributed by atoms with E-state index >= 15 is 0 Å². The first-order valence-electron chi connectivity index (χ1n) is 9.55. The maximum Gasteiger partial charge on any atom is 0.191 e. The molecule has 0 saturated heterocycles. The van der Waals surface area contributed by atoms with Crippen molar-refractivity contribution < 1.29 is 13.9 Å². The van der Waals surface area contributed by atoms with Gasteiger partial charge in [-0.1, -0.05) is 19.9 Å². The summed E-state index contributed by atoms with van der Waals surface area (Å²) in [6.45, 7) is 7.81. The van der Waals surface area contributed by atoms with E-state index in [9.17, 15) is 13.9 Å². The summed E-state index contributed by atoms with van der Waals surface area (Å²) in [6.07, 6.45) is 2.43. The smallest absolute Gasteiger partial charge is 0.191 e. The number of rotatable bonds is 9. The van der Waals surface area contributed by atoms with E-state index in [0.717, 1.165) is 12.8 Å². The first-order chi connectivity index (χ1) is 12.5. The molecule has 146 valence electrons. The zero-order valence-electron chi connectivity index (χ0n) is 15.9. The van der Waals surface area contributed by atoms with Gasteiger partial charge in [0.1, 0.15) is 11.6 Å². The summed E-state index contributed by atoms with van der Waals surface area (Å²) in [5, 5.41) is 15.7. The molecule has 0 aromatic heterocycles. The number of nitrogens with one attached hydrogen (secondary N) is 2. The van der Waals surface area contributed by atoms with E-state index in [-0.39, 0.29) is 24.1 Å². The number of nitrogens with zero attached hydrogens (tertiary/aromatic N) is 1. The van der Waals surface area contributed by atoms with Gasteiger partial charge >= 0.3 is 0 Å². The summed E-state index contributed by atoms with van der Waals surface area (Å²) < 4.78 is 27.8. The second-order valence-corrected chi connectivity index (χ2v) is 7.46. The lowest BCUT2D eigenvalue weighted by Gasteiger charge is -2.17. The molecule has 1 saturated carbocycles. The summed E-state index contributed by atoms with van der Waals surface area (Å²) in [5.41, 5.74) is 0.166. The number of guanidine groups is 1. The van der Waals surface area contributed by atoms with Crippen LogP contribution in [0.2, 0.25) is 0 Å². The monoisotopic (exact) mass is 367 g/mol. The van der Waals surface area contributed by atoms with Crippen LogP contribution in [0.25, 0.3) is 0 Å². The van der Waals surface area contributed by atoms with E-state index in [4.69, 9.17) is 0 Å². The predicted octanol–water partition coefficient (Wildman–Crippen LogP) is 3.42. The molecule has 3 N–H and O–H groups in total. The van der Waals surface area contributed by atoms with E-state index in [0.29, 0.717) is 37.3 Å². The highest BCUT2D eigenvalue weighted by Crippen LogP contribution is 2.43. The molecule has 0 aliphatic heterocycles. The van der Waals surface area contributed by atoms with Gasteiger partial charge in [-0.25, -0.2) is 8.78 Å². The Kier molecular flexibility index (Phi) is 7.82. The van der Waals surface area contributed by atoms with Crippen LogP contribution in [-0.4, -0.2) is 36.8 Å². The molecule has 26 heavy (non-hydrogen) atoms. The van der Waals surface area contributed by atoms with Crippen LogP contribution in [0.3, 0.4) is 0 Å². The largest absolute Gasteiger partial charge is 0.396 e. The Hall–Kier alpha value is -1.69. The fourth-order valence-electron chi connectivity index (χ4n) is 3.39. The molecule has 1 aromatic carbocycles. The van der Waals surface area contributed by atoms with Gasteiger partial charge in [0, 0.05) is 37.2 Å². The molecular weight excluding hydrogens is 336 g/mol. The van der Waals surface area contributed by atoms with Crippen molar-refractivity contribution in [1.29, 1.82) is 0 Å². The van der Waals surface area contributed by atoms with Gasteiger partial charge < -0.3 is 15.7 Å². The number of aliphatic imine (C=N–C) groups is 1. The molecule has 2 rings (SSSR count). The molecule has 1 aliphatic rings. The number of aliphatic hydroxyl groups excluding tert-OH is 1. The van der Waals surface area contributed by atoms with Gasteiger partial charge in [0.05, 0.1) is 0 Å². The third kappa shape index (κ3) is 5.94. The minimum atomic E-state index is -0.485. The molecule has 1 aromatic rings. The molecular formula is C20H31F2N3O. The Morgan fingerprint density at radius 1 is 1.31 bits per heavy atom. The highest BCUT2D eigenvalue weighted by atomic mass is 19.1. The maximum absolute atomic E-state index is 13.9. The molecule has 3 atom stereocenters. The Morgan fingerprint density at radius 3 is 2.58 bits per heavy atom. The molecule has 0 bridgehead atoms. The van der Waals surface area contributed by atoms with Crippen molar-refractivity contribution in [2.24, 2.45) is 16.8 Å². The molecule has 1 fully saturated rings. The van der Waals surface area contributed by atoms with E-state index in [1.165, 1.54) is 18.2 Å². The topological polar surface area (TPSA) is 56.7 Å². The number of aliphatic hydroxyl groups is 1. The summed E-state index contributed by atoms with van der Waals surface area (Å²) >= 11 is 0. The highest BCUT2D eigenvalue weighted by Gasteiger charge is 2.42. The third-order valence-electron chi connectivity index (χ3n) is 4.68. The van der Waals surface area contributed by atoms with Crippen molar-refractivity contribution in [3.05, 3.63) is 35.4 Å². The Morgan fingerprint density at radius 2 is 2.00 bits per heavy atom. The summed E-state index contributed by atoms with van der Waals surface area (Å²) in [6, 6.07) is 3.98. The number of benzene rings is 1. The molecule has 0 amide bonds. The molecule has 6 heteroatoms. The van der Waals surface area contributed by atoms with E-state index in [1.54, 1.807) is 0 Å². The first kappa shape index (κ1) is 20.6. The second kappa shape index (κ2) is 9.86. The zero-order valence-corrected chi connectivity index (χ0v) is 15.9. The minimum absolute atomic E-state index is 0.0133. The second-order valence-electron chi connectivity index (χ2n) is 7.46. The quantitative estimate of drug-likeness (QED) is 0.463. The van der Waals surface area contributed by atoms with E-state index in [1.807, 2.05) is 6.92 Å². The molecule has 4 nitrogen and oxygen atoms in total. The first-order valence-corrected chi connectivity index (χ1v) is 9.55. The SMILES string of the molecule is CCNC(=NCC(CCO)CC(C)C)NC1CC1c1c(F)cccc1F. The van der Waals surface area contributed by atoms with Crippen LogP contribution in [0, 0.1) is 23.5 Å². The predicted molar refractivity (Wildman–Crippen MR) is 101 cm³/mol. The van der Waals surface area contributed by atoms with Gasteiger partial charge in [-0.15, -0.1) is 0 Å². The van der Waals surface area contributed by atoms with Gasteiger partial charge in [-0.2, -0.15) is 0 Å². The maximum atomic E-state index is 13.9. The van der Waals surface area contributed by atoms with Crippen molar-refractivity contribution in [2.75, 3.05) is 19.7 Å². The molecule has 0 radical (unpaired) electrons. The number of hydrogen-bond acceptors (Lipinski definition) is 2. The lowest BCUT2D eigenvalue weighted by Crippen LogP contribution is -2.39. The van der Waals surface area contributed by atoms with Crippen molar-refractivity contribution in [3.63, 3.8) is 0 Å². The standard InChI is InChI=1S/C20H31F2N3O/c1-4-23-20(24-12-14(8-9-26)10-13(2)3)25-18-11-15(18)19-16(21)6-5-7-17(19)22/h5-7,13-15,18,26H,4,8-12H2,1-3H3,(H2,23,24,25). The van der Waals surface area contributed by atoms with E-state index in [2.05, 4.69) is 29.5 Å². The van der Waals surface area contributed by atoms with Crippen LogP contribution in [0.5, 0.6) is 0 Å². The van der Waals surface area contributed by atoms with Crippen molar-refractivity contribution in [1.82, 2.24) is 10.6 Å². The Bertz CT molecular complexity index is 586. The summed E-state index contributed by atoms with van der Waals surface area (Å²) in [7, 11) is 0. The summed E-state index contributed by atoms with van der Waals surface area (Å²) in [4.78, 5) is 4.63. The summed E-state index contributed by atoms with van der Waals surface area (Å²) in [5.74, 6) is 0.415. The molecule has 0 heterocycles. The molecule has 3 unspecified atom stereocenters. The number of hydrogen-bond donors (Lipinski definition) is 3. The van der Waals surface area contributed by atoms with Crippen molar-refractivity contribution >= 4 is 5.96 Å². The molecule has 0 spiro atoms. The minimum Gasteiger partial charge on any atom is -0.396 e. The van der Waals surface area contributed by atoms with Crippen LogP contribution in [0.4, 0.5) is 8.78 Å². The van der Waals surface area contributed by atoms with Gasteiger partial charge in [0.2, 0.25) is 0 Å². The van der Waals surface area contributed by atoms with Crippen LogP contribution < -0.4 is 10.6 Å². The average molecular weight is 367 g/mol. The van der Waals surface area contributed by atoms with Gasteiger partial charge in [-0.05, 0) is 50.2 Å². The Balaban J connectivity index is 1.98. The Labute approximate surface area is 155 Å². The highest BCUT2D eigenvalue weighted by molar-refractivity contribution is 5.80. The van der Waals surface area contributed by atoms with Crippen LogP contribution >= 0.6 is 0 Å². The van der Waals surface area contributed by atoms with Crippen LogP contribution in [0.1, 0.15) is 51.5 Å². The lowest BCUT2D eigenvalue weighted by atomic mass is 9.94. The van der Waals surface area contributed by atoms with Crippen molar-refractivity contribution in [2.45, 2.75) is 52.0 Å². The average Bonchev–Trinajstić information content (AvgIpc) is 3.31. The molecule has 1 aliphatic carbocycles.